The van der Waals surface area contributed by atoms with Crippen molar-refractivity contribution in [2.24, 2.45) is 0 Å². The summed E-state index contributed by atoms with van der Waals surface area (Å²) in [7, 11) is 2.26. The second-order valence-electron chi connectivity index (χ2n) is 5.80. The molecule has 0 radical (unpaired) electrons. The maximum atomic E-state index is 4.41. The Hall–Kier alpha value is -0.850. The summed E-state index contributed by atoms with van der Waals surface area (Å²) in [5.74, 6) is 2.13. The Labute approximate surface area is 140 Å². The summed E-state index contributed by atoms with van der Waals surface area (Å²) in [4.78, 5) is 3.72. The summed E-state index contributed by atoms with van der Waals surface area (Å²) < 4.78 is 2.24. The van der Waals surface area contributed by atoms with E-state index in [2.05, 4.69) is 51.1 Å². The van der Waals surface area contributed by atoms with E-state index in [0.29, 0.717) is 0 Å². The molecule has 6 heteroatoms. The Bertz CT molecular complexity index is 579. The van der Waals surface area contributed by atoms with Crippen LogP contribution in [0.25, 0.3) is 10.7 Å². The highest BCUT2D eigenvalue weighted by Gasteiger charge is 2.19. The Kier molecular flexibility index (Phi) is 5.55. The fourth-order valence-electron chi connectivity index (χ4n) is 3.06. The zero-order valence-electron chi connectivity index (χ0n) is 13.4. The molecule has 1 saturated heterocycles. The van der Waals surface area contributed by atoms with Crippen molar-refractivity contribution in [3.8, 4) is 10.7 Å². The van der Waals surface area contributed by atoms with Crippen LogP contribution in [0.5, 0.6) is 0 Å². The molecule has 1 unspecified atom stereocenters. The van der Waals surface area contributed by atoms with Crippen LogP contribution in [0, 0.1) is 0 Å². The first-order valence-electron chi connectivity index (χ1n) is 8.09. The number of rotatable bonds is 6. The van der Waals surface area contributed by atoms with Gasteiger partial charge in [-0.1, -0.05) is 24.2 Å². The molecule has 4 nitrogen and oxygen atoms in total. The van der Waals surface area contributed by atoms with Crippen LogP contribution in [0.1, 0.15) is 32.6 Å². The topological polar surface area (TPSA) is 34.0 Å². The lowest BCUT2D eigenvalue weighted by Gasteiger charge is -2.32. The van der Waals surface area contributed by atoms with Gasteiger partial charge in [0, 0.05) is 18.3 Å². The van der Waals surface area contributed by atoms with Crippen molar-refractivity contribution in [1.82, 2.24) is 19.7 Å². The van der Waals surface area contributed by atoms with Crippen LogP contribution in [0.2, 0.25) is 0 Å². The minimum absolute atomic E-state index is 0.746. The third-order valence-corrected chi connectivity index (χ3v) is 6.24. The molecule has 0 saturated carbocycles. The predicted molar refractivity (Wildman–Crippen MR) is 94.6 cm³/mol. The molecule has 0 aromatic carbocycles. The first-order chi connectivity index (χ1) is 10.8. The third-order valence-electron chi connectivity index (χ3n) is 4.38. The molecule has 120 valence electrons. The molecule has 2 aromatic rings. The number of thioether (sulfide) groups is 1. The standard InChI is InChI=1S/C16H24N4S2/c1-3-20-15(14-8-6-11-21-14)17-18-16(20)22-12-9-13-7-4-5-10-19(13)2/h6,8,11,13H,3-5,7,9-10,12H2,1-2H3. The molecule has 3 heterocycles. The van der Waals surface area contributed by atoms with Crippen molar-refractivity contribution in [3.05, 3.63) is 17.5 Å². The number of hydrogen-bond acceptors (Lipinski definition) is 5. The molecular weight excluding hydrogens is 312 g/mol. The summed E-state index contributed by atoms with van der Waals surface area (Å²) in [6.07, 6.45) is 5.33. The molecule has 3 rings (SSSR count). The fraction of sp³-hybridized carbons (Fsp3) is 0.625. The van der Waals surface area contributed by atoms with Crippen molar-refractivity contribution < 1.29 is 0 Å². The van der Waals surface area contributed by atoms with Gasteiger partial charge in [0.2, 0.25) is 0 Å². The Morgan fingerprint density at radius 1 is 1.36 bits per heavy atom. The van der Waals surface area contributed by atoms with Crippen molar-refractivity contribution in [2.45, 2.75) is 50.4 Å². The average molecular weight is 337 g/mol. The molecule has 2 aromatic heterocycles. The number of hydrogen-bond donors (Lipinski definition) is 0. The fourth-order valence-corrected chi connectivity index (χ4v) is 4.82. The van der Waals surface area contributed by atoms with E-state index in [9.17, 15) is 0 Å². The number of thiophene rings is 1. The van der Waals surface area contributed by atoms with E-state index in [4.69, 9.17) is 0 Å². The largest absolute Gasteiger partial charge is 0.303 e. The summed E-state index contributed by atoms with van der Waals surface area (Å²) in [5, 5.41) is 12.0. The van der Waals surface area contributed by atoms with E-state index < -0.39 is 0 Å². The normalized spacial score (nSPS) is 19.6. The van der Waals surface area contributed by atoms with E-state index in [1.165, 1.54) is 37.1 Å². The van der Waals surface area contributed by atoms with Crippen molar-refractivity contribution in [3.63, 3.8) is 0 Å². The van der Waals surface area contributed by atoms with Crippen LogP contribution in [0.15, 0.2) is 22.7 Å². The second kappa shape index (κ2) is 7.62. The zero-order valence-corrected chi connectivity index (χ0v) is 15.0. The summed E-state index contributed by atoms with van der Waals surface area (Å²) >= 11 is 3.58. The molecule has 0 N–H and O–H groups in total. The SMILES string of the molecule is CCn1c(SCCC2CCCCN2C)nnc1-c1cccs1. The number of nitrogens with zero attached hydrogens (tertiary/aromatic N) is 4. The minimum Gasteiger partial charge on any atom is -0.303 e. The molecule has 0 amide bonds. The van der Waals surface area contributed by atoms with Crippen LogP contribution in [0.4, 0.5) is 0 Å². The van der Waals surface area contributed by atoms with Gasteiger partial charge < -0.3 is 9.47 Å². The minimum atomic E-state index is 0.746. The lowest BCUT2D eigenvalue weighted by Crippen LogP contribution is -2.36. The van der Waals surface area contributed by atoms with Gasteiger partial charge in [-0.3, -0.25) is 0 Å². The van der Waals surface area contributed by atoms with E-state index >= 15 is 0 Å². The molecule has 1 atom stereocenters. The van der Waals surface area contributed by atoms with E-state index in [0.717, 1.165) is 29.3 Å². The summed E-state index contributed by atoms with van der Waals surface area (Å²) in [6.45, 7) is 4.34. The molecule has 0 spiro atoms. The lowest BCUT2D eigenvalue weighted by atomic mass is 10.0. The lowest BCUT2D eigenvalue weighted by molar-refractivity contribution is 0.182. The number of piperidine rings is 1. The zero-order chi connectivity index (χ0) is 15.4. The average Bonchev–Trinajstić information content (AvgIpc) is 3.17. The van der Waals surface area contributed by atoms with Gasteiger partial charge in [-0.25, -0.2) is 0 Å². The highest BCUT2D eigenvalue weighted by Crippen LogP contribution is 2.28. The van der Waals surface area contributed by atoms with Crippen LogP contribution in [-0.4, -0.2) is 45.1 Å². The third kappa shape index (κ3) is 3.55. The predicted octanol–water partition coefficient (Wildman–Crippen LogP) is 3.99. The van der Waals surface area contributed by atoms with E-state index in [1.54, 1.807) is 11.3 Å². The Morgan fingerprint density at radius 3 is 3.00 bits per heavy atom. The quantitative estimate of drug-likeness (QED) is 0.747. The van der Waals surface area contributed by atoms with Crippen molar-refractivity contribution >= 4 is 23.1 Å². The van der Waals surface area contributed by atoms with Gasteiger partial charge >= 0.3 is 0 Å². The Morgan fingerprint density at radius 2 is 2.27 bits per heavy atom. The van der Waals surface area contributed by atoms with Gasteiger partial charge in [-0.2, -0.15) is 0 Å². The maximum Gasteiger partial charge on any atom is 0.191 e. The molecule has 1 fully saturated rings. The van der Waals surface area contributed by atoms with Gasteiger partial charge in [0.05, 0.1) is 4.88 Å². The van der Waals surface area contributed by atoms with Crippen molar-refractivity contribution in [1.29, 1.82) is 0 Å². The smallest absolute Gasteiger partial charge is 0.191 e. The van der Waals surface area contributed by atoms with Crippen molar-refractivity contribution in [2.75, 3.05) is 19.3 Å². The molecule has 1 aliphatic heterocycles. The highest BCUT2D eigenvalue weighted by atomic mass is 32.2. The van der Waals surface area contributed by atoms with Gasteiger partial charge in [0.15, 0.2) is 11.0 Å². The van der Waals surface area contributed by atoms with Crippen LogP contribution < -0.4 is 0 Å². The first kappa shape index (κ1) is 16.0. The first-order valence-corrected chi connectivity index (χ1v) is 9.96. The molecule has 0 aliphatic carbocycles. The van der Waals surface area contributed by atoms with Crippen LogP contribution in [0.3, 0.4) is 0 Å². The van der Waals surface area contributed by atoms with E-state index in [-0.39, 0.29) is 0 Å². The highest BCUT2D eigenvalue weighted by molar-refractivity contribution is 7.99. The molecular formula is C16H24N4S2. The Balaban J connectivity index is 1.61. The van der Waals surface area contributed by atoms with Crippen LogP contribution in [-0.2, 0) is 6.54 Å². The van der Waals surface area contributed by atoms with E-state index in [1.807, 2.05) is 11.8 Å². The van der Waals surface area contributed by atoms with Crippen LogP contribution >= 0.6 is 23.1 Å². The van der Waals surface area contributed by atoms with Gasteiger partial charge in [0.1, 0.15) is 0 Å². The number of likely N-dealkylation sites (tertiary alicyclic amines) is 1. The molecule has 22 heavy (non-hydrogen) atoms. The van der Waals surface area contributed by atoms with Gasteiger partial charge in [-0.05, 0) is 51.2 Å². The van der Waals surface area contributed by atoms with Gasteiger partial charge in [-0.15, -0.1) is 21.5 Å². The summed E-state index contributed by atoms with van der Waals surface area (Å²) in [5.41, 5.74) is 0. The number of aromatic nitrogens is 3. The second-order valence-corrected chi connectivity index (χ2v) is 7.80. The molecule has 1 aliphatic rings. The van der Waals surface area contributed by atoms with Gasteiger partial charge in [0.25, 0.3) is 0 Å². The monoisotopic (exact) mass is 336 g/mol. The molecule has 0 bridgehead atoms. The summed E-state index contributed by atoms with van der Waals surface area (Å²) in [6, 6.07) is 4.93. The maximum absolute atomic E-state index is 4.41.